The van der Waals surface area contributed by atoms with Crippen LogP contribution in [0.25, 0.3) is 0 Å². The second-order valence-corrected chi connectivity index (χ2v) is 4.89. The van der Waals surface area contributed by atoms with Crippen molar-refractivity contribution in [3.63, 3.8) is 0 Å². The van der Waals surface area contributed by atoms with E-state index in [-0.39, 0.29) is 5.78 Å². The Morgan fingerprint density at radius 3 is 2.42 bits per heavy atom. The molecule has 1 rings (SSSR count). The van der Waals surface area contributed by atoms with Crippen molar-refractivity contribution in [3.8, 4) is 0 Å². The topological polar surface area (TPSA) is 51.0 Å². The summed E-state index contributed by atoms with van der Waals surface area (Å²) in [5, 5.41) is 4.12. The number of nitrogens with zero attached hydrogens (tertiary/aromatic N) is 4. The third kappa shape index (κ3) is 3.21. The molecule has 0 amide bonds. The summed E-state index contributed by atoms with van der Waals surface area (Å²) < 4.78 is 1.79. The third-order valence-electron chi connectivity index (χ3n) is 4.06. The van der Waals surface area contributed by atoms with Gasteiger partial charge >= 0.3 is 0 Å². The number of hydrogen-bond acceptors (Lipinski definition) is 4. The highest BCUT2D eigenvalue weighted by Gasteiger charge is 2.36. The molecule has 5 heteroatoms. The number of aromatic nitrogens is 3. The normalized spacial score (nSPS) is 14.6. The van der Waals surface area contributed by atoms with Crippen molar-refractivity contribution >= 4 is 5.78 Å². The van der Waals surface area contributed by atoms with Crippen LogP contribution in [0.3, 0.4) is 0 Å². The first-order chi connectivity index (χ1) is 9.03. The molecular formula is C14H26N4O. The molecule has 1 unspecified atom stereocenters. The third-order valence-corrected chi connectivity index (χ3v) is 4.06. The fraction of sp³-hybridized carbons (Fsp3) is 0.786. The molecule has 0 fully saturated rings. The van der Waals surface area contributed by atoms with Gasteiger partial charge in [0.1, 0.15) is 12.2 Å². The summed E-state index contributed by atoms with van der Waals surface area (Å²) in [5.74, 6) is 0.987. The average molecular weight is 266 g/mol. The molecule has 1 atom stereocenters. The van der Waals surface area contributed by atoms with Crippen LogP contribution in [-0.4, -0.2) is 44.1 Å². The monoisotopic (exact) mass is 266 g/mol. The van der Waals surface area contributed by atoms with Gasteiger partial charge in [0.2, 0.25) is 0 Å². The van der Waals surface area contributed by atoms with Crippen molar-refractivity contribution in [2.75, 3.05) is 13.1 Å². The second kappa shape index (κ2) is 6.80. The number of Topliss-reactive ketones (excluding diaryl/α,β-unsaturated/α-hetero) is 1. The minimum Gasteiger partial charge on any atom is -0.297 e. The van der Waals surface area contributed by atoms with Gasteiger partial charge in [-0.15, -0.1) is 0 Å². The largest absolute Gasteiger partial charge is 0.297 e. The molecular weight excluding hydrogens is 240 g/mol. The first kappa shape index (κ1) is 15.8. The van der Waals surface area contributed by atoms with Gasteiger partial charge < -0.3 is 0 Å². The van der Waals surface area contributed by atoms with Gasteiger partial charge in [0.25, 0.3) is 0 Å². The van der Waals surface area contributed by atoms with Gasteiger partial charge in [-0.2, -0.15) is 5.10 Å². The fourth-order valence-corrected chi connectivity index (χ4v) is 2.54. The van der Waals surface area contributed by atoms with Gasteiger partial charge in [0.15, 0.2) is 5.78 Å². The minimum atomic E-state index is -0.409. The van der Waals surface area contributed by atoms with Crippen molar-refractivity contribution in [2.24, 2.45) is 0 Å². The SMILES string of the molecule is CCN(CC)C(C)(CC)C(=O)Cc1ncnn1CC. The molecule has 0 saturated carbocycles. The molecule has 1 aromatic heterocycles. The lowest BCUT2D eigenvalue weighted by Crippen LogP contribution is -2.52. The number of ketones is 1. The van der Waals surface area contributed by atoms with E-state index in [1.807, 2.05) is 13.8 Å². The van der Waals surface area contributed by atoms with E-state index in [0.717, 1.165) is 31.9 Å². The Bertz CT molecular complexity index is 411. The van der Waals surface area contributed by atoms with Crippen LogP contribution < -0.4 is 0 Å². The van der Waals surface area contributed by atoms with E-state index in [1.54, 1.807) is 4.68 Å². The molecule has 0 saturated heterocycles. The molecule has 0 bridgehead atoms. The van der Waals surface area contributed by atoms with E-state index in [9.17, 15) is 4.79 Å². The van der Waals surface area contributed by atoms with Crippen LogP contribution in [0.1, 0.15) is 46.9 Å². The van der Waals surface area contributed by atoms with Crippen LogP contribution in [0, 0.1) is 0 Å². The summed E-state index contributed by atoms with van der Waals surface area (Å²) in [6.45, 7) is 12.8. The highest BCUT2D eigenvalue weighted by atomic mass is 16.1. The number of hydrogen-bond donors (Lipinski definition) is 0. The quantitative estimate of drug-likeness (QED) is 0.721. The predicted octanol–water partition coefficient (Wildman–Crippen LogP) is 1.92. The van der Waals surface area contributed by atoms with Crippen molar-refractivity contribution in [3.05, 3.63) is 12.2 Å². The van der Waals surface area contributed by atoms with E-state index < -0.39 is 5.54 Å². The molecule has 0 aliphatic carbocycles. The maximum Gasteiger partial charge on any atom is 0.160 e. The average Bonchev–Trinajstić information content (AvgIpc) is 2.86. The molecule has 0 aliphatic rings. The Labute approximate surface area is 116 Å². The zero-order valence-electron chi connectivity index (χ0n) is 12.8. The number of carbonyl (C=O) groups is 1. The molecule has 1 heterocycles. The molecule has 0 N–H and O–H groups in total. The van der Waals surface area contributed by atoms with Crippen LogP contribution in [0.15, 0.2) is 6.33 Å². The Hall–Kier alpha value is -1.23. The highest BCUT2D eigenvalue weighted by Crippen LogP contribution is 2.22. The van der Waals surface area contributed by atoms with Crippen LogP contribution in [-0.2, 0) is 17.8 Å². The molecule has 19 heavy (non-hydrogen) atoms. The molecule has 5 nitrogen and oxygen atoms in total. The van der Waals surface area contributed by atoms with Gasteiger partial charge in [-0.25, -0.2) is 9.67 Å². The number of carbonyl (C=O) groups excluding carboxylic acids is 1. The smallest absolute Gasteiger partial charge is 0.160 e. The summed E-state index contributed by atoms with van der Waals surface area (Å²) in [5.41, 5.74) is -0.409. The summed E-state index contributed by atoms with van der Waals surface area (Å²) >= 11 is 0. The summed E-state index contributed by atoms with van der Waals surface area (Å²) in [7, 11) is 0. The maximum atomic E-state index is 12.7. The lowest BCUT2D eigenvalue weighted by molar-refractivity contribution is -0.130. The molecule has 0 aromatic carbocycles. The Morgan fingerprint density at radius 2 is 1.95 bits per heavy atom. The Kier molecular flexibility index (Phi) is 5.66. The number of likely N-dealkylation sites (N-methyl/N-ethyl adjacent to an activating group) is 1. The molecule has 108 valence electrons. The van der Waals surface area contributed by atoms with E-state index in [1.165, 1.54) is 6.33 Å². The Balaban J connectivity index is 2.90. The first-order valence-corrected chi connectivity index (χ1v) is 7.18. The van der Waals surface area contributed by atoms with E-state index in [2.05, 4.69) is 35.8 Å². The van der Waals surface area contributed by atoms with Gasteiger partial charge in [0, 0.05) is 6.54 Å². The lowest BCUT2D eigenvalue weighted by atomic mass is 9.88. The second-order valence-electron chi connectivity index (χ2n) is 4.89. The summed E-state index contributed by atoms with van der Waals surface area (Å²) in [6.07, 6.45) is 2.69. The zero-order valence-corrected chi connectivity index (χ0v) is 12.8. The van der Waals surface area contributed by atoms with Crippen molar-refractivity contribution < 1.29 is 4.79 Å². The van der Waals surface area contributed by atoms with Crippen molar-refractivity contribution in [1.82, 2.24) is 19.7 Å². The molecule has 0 spiro atoms. The molecule has 1 aromatic rings. The summed E-state index contributed by atoms with van der Waals surface area (Å²) in [4.78, 5) is 19.1. The molecule has 0 aliphatic heterocycles. The van der Waals surface area contributed by atoms with Gasteiger partial charge in [-0.05, 0) is 33.4 Å². The standard InChI is InChI=1S/C14H26N4O/c1-6-14(5,17(7-2)8-3)12(19)10-13-15-11-16-18(13)9-4/h11H,6-10H2,1-5H3. The van der Waals surface area contributed by atoms with E-state index in [0.29, 0.717) is 6.42 Å². The fourth-order valence-electron chi connectivity index (χ4n) is 2.54. The minimum absolute atomic E-state index is 0.224. The predicted molar refractivity (Wildman–Crippen MR) is 76.0 cm³/mol. The van der Waals surface area contributed by atoms with Crippen LogP contribution in [0.4, 0.5) is 0 Å². The number of aryl methyl sites for hydroxylation is 1. The molecule has 0 radical (unpaired) electrons. The van der Waals surface area contributed by atoms with Crippen LogP contribution in [0.2, 0.25) is 0 Å². The highest BCUT2D eigenvalue weighted by molar-refractivity contribution is 5.89. The zero-order chi connectivity index (χ0) is 14.5. The maximum absolute atomic E-state index is 12.7. The summed E-state index contributed by atoms with van der Waals surface area (Å²) in [6, 6.07) is 0. The van der Waals surface area contributed by atoms with Crippen LogP contribution >= 0.6 is 0 Å². The van der Waals surface area contributed by atoms with Crippen molar-refractivity contribution in [1.29, 1.82) is 0 Å². The van der Waals surface area contributed by atoms with E-state index in [4.69, 9.17) is 0 Å². The van der Waals surface area contributed by atoms with Gasteiger partial charge in [-0.1, -0.05) is 20.8 Å². The first-order valence-electron chi connectivity index (χ1n) is 7.18. The van der Waals surface area contributed by atoms with Gasteiger partial charge in [-0.3, -0.25) is 9.69 Å². The van der Waals surface area contributed by atoms with Crippen molar-refractivity contribution in [2.45, 2.75) is 59.5 Å². The Morgan fingerprint density at radius 1 is 1.32 bits per heavy atom. The van der Waals surface area contributed by atoms with Gasteiger partial charge in [0.05, 0.1) is 12.0 Å². The van der Waals surface area contributed by atoms with E-state index >= 15 is 0 Å². The van der Waals surface area contributed by atoms with Crippen LogP contribution in [0.5, 0.6) is 0 Å². The number of rotatable bonds is 8. The lowest BCUT2D eigenvalue weighted by Gasteiger charge is -2.38.